The summed E-state index contributed by atoms with van der Waals surface area (Å²) in [5.41, 5.74) is 0.568. The third kappa shape index (κ3) is 3.46. The molecule has 1 amide bonds. The Morgan fingerprint density at radius 2 is 1.95 bits per heavy atom. The molecule has 1 atom stereocenters. The first-order valence-corrected chi connectivity index (χ1v) is 6.75. The number of hydrogen-bond acceptors (Lipinski definition) is 4. The molecular weight excluding hydrogens is 286 g/mol. The van der Waals surface area contributed by atoms with Crippen LogP contribution in [-0.4, -0.2) is 35.0 Å². The third-order valence-electron chi connectivity index (χ3n) is 3.34. The van der Waals surface area contributed by atoms with Crippen LogP contribution >= 0.6 is 0 Å². The van der Waals surface area contributed by atoms with E-state index in [-0.39, 0.29) is 12.4 Å². The van der Waals surface area contributed by atoms with Gasteiger partial charge in [-0.2, -0.15) is 0 Å². The van der Waals surface area contributed by atoms with Crippen molar-refractivity contribution >= 4 is 11.9 Å². The minimum Gasteiger partial charge on any atom is -0.489 e. The van der Waals surface area contributed by atoms with Crippen molar-refractivity contribution in [1.29, 1.82) is 0 Å². The number of likely N-dealkylation sites (N-methyl/N-ethyl adjacent to an activating group) is 1. The summed E-state index contributed by atoms with van der Waals surface area (Å²) in [6.07, 6.45) is 1.39. The second-order valence-corrected chi connectivity index (χ2v) is 4.81. The lowest BCUT2D eigenvalue weighted by molar-refractivity contribution is -0.141. The van der Waals surface area contributed by atoms with E-state index in [1.165, 1.54) is 20.2 Å². The van der Waals surface area contributed by atoms with Gasteiger partial charge in [-0.05, 0) is 25.1 Å². The van der Waals surface area contributed by atoms with Crippen molar-refractivity contribution in [2.75, 3.05) is 7.05 Å². The summed E-state index contributed by atoms with van der Waals surface area (Å²) >= 11 is 0. The quantitative estimate of drug-likeness (QED) is 0.886. The number of hydrogen-bond donors (Lipinski definition) is 1. The molecule has 0 bridgehead atoms. The van der Waals surface area contributed by atoms with E-state index in [0.29, 0.717) is 11.3 Å². The van der Waals surface area contributed by atoms with Crippen molar-refractivity contribution < 1.29 is 23.8 Å². The molecule has 1 heterocycles. The van der Waals surface area contributed by atoms with Gasteiger partial charge in [0.1, 0.15) is 18.4 Å². The molecule has 2 rings (SSSR count). The molecule has 0 fully saturated rings. The van der Waals surface area contributed by atoms with Gasteiger partial charge in [0, 0.05) is 12.6 Å². The van der Waals surface area contributed by atoms with Crippen molar-refractivity contribution in [3.05, 3.63) is 54.0 Å². The fourth-order valence-corrected chi connectivity index (χ4v) is 1.82. The Morgan fingerprint density at radius 1 is 1.27 bits per heavy atom. The predicted molar refractivity (Wildman–Crippen MR) is 78.7 cm³/mol. The van der Waals surface area contributed by atoms with Gasteiger partial charge in [0.15, 0.2) is 5.76 Å². The summed E-state index contributed by atoms with van der Waals surface area (Å²) in [5.74, 6) is -0.808. The normalized spacial score (nSPS) is 11.7. The molecule has 0 saturated heterocycles. The molecule has 1 aromatic heterocycles. The first-order chi connectivity index (χ1) is 10.5. The van der Waals surface area contributed by atoms with Crippen molar-refractivity contribution in [2.24, 2.45) is 0 Å². The maximum atomic E-state index is 12.3. The largest absolute Gasteiger partial charge is 0.489 e. The number of amides is 1. The first-order valence-electron chi connectivity index (χ1n) is 6.75. The number of para-hydroxylation sites is 1. The van der Waals surface area contributed by atoms with Crippen LogP contribution in [0.15, 0.2) is 47.1 Å². The van der Waals surface area contributed by atoms with E-state index >= 15 is 0 Å². The molecule has 0 spiro atoms. The summed E-state index contributed by atoms with van der Waals surface area (Å²) in [5, 5.41) is 8.97. The van der Waals surface area contributed by atoms with Crippen molar-refractivity contribution in [3.8, 4) is 5.75 Å². The van der Waals surface area contributed by atoms with Crippen LogP contribution in [-0.2, 0) is 11.4 Å². The number of carboxylic acid groups (broad SMARTS) is 1. The van der Waals surface area contributed by atoms with Gasteiger partial charge in [-0.3, -0.25) is 4.79 Å². The van der Waals surface area contributed by atoms with Crippen molar-refractivity contribution in [2.45, 2.75) is 19.6 Å². The summed E-state index contributed by atoms with van der Waals surface area (Å²) in [6.45, 7) is 1.60. The van der Waals surface area contributed by atoms with Gasteiger partial charge in [-0.1, -0.05) is 18.2 Å². The Labute approximate surface area is 127 Å². The highest BCUT2D eigenvalue weighted by molar-refractivity contribution is 5.95. The molecule has 0 aliphatic carbocycles. The molecule has 0 radical (unpaired) electrons. The number of carbonyl (C=O) groups excluding carboxylic acids is 1. The van der Waals surface area contributed by atoms with Gasteiger partial charge in [0.2, 0.25) is 0 Å². The SMILES string of the molecule is CC(C(=O)O)N(C)C(=O)c1occc1COc1ccccc1. The van der Waals surface area contributed by atoms with Crippen LogP contribution in [0.1, 0.15) is 23.0 Å². The minimum atomic E-state index is -1.08. The van der Waals surface area contributed by atoms with E-state index in [2.05, 4.69) is 0 Å². The van der Waals surface area contributed by atoms with Gasteiger partial charge in [0.05, 0.1) is 6.26 Å². The van der Waals surface area contributed by atoms with E-state index in [1.807, 2.05) is 18.2 Å². The third-order valence-corrected chi connectivity index (χ3v) is 3.34. The lowest BCUT2D eigenvalue weighted by atomic mass is 10.2. The molecule has 0 aliphatic rings. The van der Waals surface area contributed by atoms with Crippen LogP contribution < -0.4 is 4.74 Å². The zero-order chi connectivity index (χ0) is 16.1. The number of furan rings is 1. The van der Waals surface area contributed by atoms with Crippen LogP contribution in [0.25, 0.3) is 0 Å². The van der Waals surface area contributed by atoms with E-state index < -0.39 is 17.9 Å². The number of benzene rings is 1. The molecule has 116 valence electrons. The fourth-order valence-electron chi connectivity index (χ4n) is 1.82. The highest BCUT2D eigenvalue weighted by Gasteiger charge is 2.26. The zero-order valence-corrected chi connectivity index (χ0v) is 12.4. The zero-order valence-electron chi connectivity index (χ0n) is 12.4. The van der Waals surface area contributed by atoms with Crippen molar-refractivity contribution in [3.63, 3.8) is 0 Å². The van der Waals surface area contributed by atoms with Crippen LogP contribution in [0, 0.1) is 0 Å². The Balaban J connectivity index is 2.09. The highest BCUT2D eigenvalue weighted by Crippen LogP contribution is 2.17. The van der Waals surface area contributed by atoms with E-state index in [4.69, 9.17) is 14.3 Å². The van der Waals surface area contributed by atoms with Gasteiger partial charge >= 0.3 is 5.97 Å². The molecule has 1 aromatic carbocycles. The molecule has 1 unspecified atom stereocenters. The Morgan fingerprint density at radius 3 is 2.59 bits per heavy atom. The smallest absolute Gasteiger partial charge is 0.326 e. The van der Waals surface area contributed by atoms with Gasteiger partial charge in [-0.25, -0.2) is 4.79 Å². The molecule has 0 saturated carbocycles. The van der Waals surface area contributed by atoms with Crippen LogP contribution in [0.4, 0.5) is 0 Å². The van der Waals surface area contributed by atoms with E-state index in [1.54, 1.807) is 18.2 Å². The van der Waals surface area contributed by atoms with Gasteiger partial charge in [0.25, 0.3) is 5.91 Å². The fraction of sp³-hybridized carbons (Fsp3) is 0.250. The second-order valence-electron chi connectivity index (χ2n) is 4.81. The molecule has 1 N–H and O–H groups in total. The summed E-state index contributed by atoms with van der Waals surface area (Å²) in [6, 6.07) is 9.87. The molecule has 22 heavy (non-hydrogen) atoms. The maximum absolute atomic E-state index is 12.3. The second kappa shape index (κ2) is 6.80. The number of ether oxygens (including phenoxy) is 1. The molecule has 2 aromatic rings. The van der Waals surface area contributed by atoms with Gasteiger partial charge in [-0.15, -0.1) is 0 Å². The standard InChI is InChI=1S/C16H17NO5/c1-11(16(19)20)17(2)15(18)14-12(8-9-21-14)10-22-13-6-4-3-5-7-13/h3-9,11H,10H2,1-2H3,(H,19,20). The summed E-state index contributed by atoms with van der Waals surface area (Å²) in [4.78, 5) is 24.4. The highest BCUT2D eigenvalue weighted by atomic mass is 16.5. The van der Waals surface area contributed by atoms with Crippen LogP contribution in [0.5, 0.6) is 5.75 Å². The average molecular weight is 303 g/mol. The Hall–Kier alpha value is -2.76. The van der Waals surface area contributed by atoms with E-state index in [9.17, 15) is 9.59 Å². The predicted octanol–water partition coefficient (Wildman–Crippen LogP) is 2.40. The molecular formula is C16H17NO5. The topological polar surface area (TPSA) is 80.0 Å². The number of aliphatic carboxylic acids is 1. The lowest BCUT2D eigenvalue weighted by Gasteiger charge is -2.20. The monoisotopic (exact) mass is 303 g/mol. The molecule has 0 aliphatic heterocycles. The number of carboxylic acids is 1. The Bertz CT molecular complexity index is 650. The van der Waals surface area contributed by atoms with Crippen LogP contribution in [0.2, 0.25) is 0 Å². The van der Waals surface area contributed by atoms with E-state index in [0.717, 1.165) is 4.90 Å². The number of carbonyl (C=O) groups is 2. The number of nitrogens with zero attached hydrogens (tertiary/aromatic N) is 1. The average Bonchev–Trinajstić information content (AvgIpc) is 3.00. The van der Waals surface area contributed by atoms with Crippen molar-refractivity contribution in [1.82, 2.24) is 4.90 Å². The summed E-state index contributed by atoms with van der Waals surface area (Å²) < 4.78 is 10.8. The maximum Gasteiger partial charge on any atom is 0.326 e. The lowest BCUT2D eigenvalue weighted by Crippen LogP contribution is -2.40. The van der Waals surface area contributed by atoms with Crippen LogP contribution in [0.3, 0.4) is 0 Å². The number of rotatable bonds is 6. The summed E-state index contributed by atoms with van der Waals surface area (Å²) in [7, 11) is 1.42. The molecule has 6 nitrogen and oxygen atoms in total. The molecule has 6 heteroatoms. The van der Waals surface area contributed by atoms with Gasteiger partial charge < -0.3 is 19.2 Å². The first kappa shape index (κ1) is 15.6. The minimum absolute atomic E-state index is 0.0894. The Kier molecular flexibility index (Phi) is 4.83.